The molecule has 0 bridgehead atoms. The summed E-state index contributed by atoms with van der Waals surface area (Å²) in [6.07, 6.45) is -0.802. The minimum Gasteiger partial charge on any atom is -0.387 e. The highest BCUT2D eigenvalue weighted by Crippen LogP contribution is 2.10. The average molecular weight is 189 g/mol. The van der Waals surface area contributed by atoms with Gasteiger partial charge in [-0.15, -0.1) is 0 Å². The first-order chi connectivity index (χ1) is 6.19. The van der Waals surface area contributed by atoms with Crippen molar-refractivity contribution in [2.75, 3.05) is 7.05 Å². The molecule has 8 nitrogen and oxygen atoms in total. The van der Waals surface area contributed by atoms with Crippen LogP contribution < -0.4 is 15.0 Å². The first kappa shape index (κ1) is 9.26. The summed E-state index contributed by atoms with van der Waals surface area (Å²) in [6.45, 7) is -0.626. The van der Waals surface area contributed by atoms with E-state index in [0.717, 1.165) is 0 Å². The normalized spacial score (nSPS) is 9.69. The molecule has 0 spiro atoms. The zero-order valence-electron chi connectivity index (χ0n) is 6.68. The van der Waals surface area contributed by atoms with E-state index in [1.54, 1.807) is 0 Å². The van der Waals surface area contributed by atoms with Gasteiger partial charge in [-0.1, -0.05) is 0 Å². The first-order valence-corrected chi connectivity index (χ1v) is 3.28. The molecule has 0 saturated carbocycles. The van der Waals surface area contributed by atoms with Crippen LogP contribution in [0.5, 0.6) is 5.88 Å². The van der Waals surface area contributed by atoms with Gasteiger partial charge in [-0.05, 0) is 4.90 Å². The molecule has 0 aliphatic rings. The number of amides is 1. The van der Waals surface area contributed by atoms with E-state index >= 15 is 0 Å². The van der Waals surface area contributed by atoms with E-state index in [4.69, 9.17) is 5.11 Å². The summed E-state index contributed by atoms with van der Waals surface area (Å²) in [4.78, 5) is 10.6. The Bertz CT molecular complexity index is 309. The molecule has 0 fully saturated rings. The topological polar surface area (TPSA) is 112 Å². The smallest absolute Gasteiger partial charge is 0.387 e. The number of nitrogens with zero attached hydrogens (tertiary/aromatic N) is 2. The zero-order valence-corrected chi connectivity index (χ0v) is 6.68. The van der Waals surface area contributed by atoms with Crippen LogP contribution in [0, 0.1) is 5.21 Å². The van der Waals surface area contributed by atoms with Crippen LogP contribution in [0.25, 0.3) is 0 Å². The lowest BCUT2D eigenvalue weighted by Crippen LogP contribution is -2.29. The number of ether oxygens (including phenoxy) is 1. The molecule has 13 heavy (non-hydrogen) atoms. The van der Waals surface area contributed by atoms with Crippen molar-refractivity contribution in [2.45, 2.75) is 6.61 Å². The highest BCUT2D eigenvalue weighted by Gasteiger charge is 2.22. The molecular weight excluding hydrogens is 182 g/mol. The van der Waals surface area contributed by atoms with Gasteiger partial charge in [0.1, 0.15) is 6.61 Å². The molecule has 8 heteroatoms. The maximum Gasteiger partial charge on any atom is 0.415 e. The third-order valence-electron chi connectivity index (χ3n) is 1.21. The lowest BCUT2D eigenvalue weighted by Gasteiger charge is -1.95. The van der Waals surface area contributed by atoms with E-state index in [0.29, 0.717) is 0 Å². The fourth-order valence-corrected chi connectivity index (χ4v) is 0.596. The van der Waals surface area contributed by atoms with Gasteiger partial charge >= 0.3 is 12.0 Å². The molecule has 0 aliphatic heterocycles. The van der Waals surface area contributed by atoms with Crippen molar-refractivity contribution in [2.24, 2.45) is 0 Å². The Labute approximate surface area is 72.2 Å². The van der Waals surface area contributed by atoms with Gasteiger partial charge < -0.3 is 20.4 Å². The zero-order chi connectivity index (χ0) is 9.84. The lowest BCUT2D eigenvalue weighted by molar-refractivity contribution is -0.809. The summed E-state index contributed by atoms with van der Waals surface area (Å²) in [5.74, 6) is -0.350. The molecule has 0 atom stereocenters. The van der Waals surface area contributed by atoms with E-state index in [9.17, 15) is 10.0 Å². The third-order valence-corrected chi connectivity index (χ3v) is 1.21. The predicted molar refractivity (Wildman–Crippen MR) is 36.5 cm³/mol. The second-order valence-corrected chi connectivity index (χ2v) is 1.98. The highest BCUT2D eigenvalue weighted by molar-refractivity contribution is 5.69. The number of hydrogen-bond donors (Lipinski definition) is 2. The van der Waals surface area contributed by atoms with E-state index in [1.807, 2.05) is 0 Å². The van der Waals surface area contributed by atoms with Crippen molar-refractivity contribution in [3.63, 3.8) is 0 Å². The summed E-state index contributed by atoms with van der Waals surface area (Å²) in [6, 6.07) is 0. The van der Waals surface area contributed by atoms with Crippen LogP contribution in [0.2, 0.25) is 0 Å². The van der Waals surface area contributed by atoms with Crippen LogP contribution in [0.3, 0.4) is 0 Å². The second kappa shape index (κ2) is 3.72. The van der Waals surface area contributed by atoms with E-state index in [-0.39, 0.29) is 16.5 Å². The molecular formula is C5H7N3O5. The Hall–Kier alpha value is -1.83. The van der Waals surface area contributed by atoms with Gasteiger partial charge in [-0.3, -0.25) is 4.63 Å². The van der Waals surface area contributed by atoms with Crippen LogP contribution in [-0.4, -0.2) is 23.4 Å². The van der Waals surface area contributed by atoms with Gasteiger partial charge in [0.15, 0.2) is 0 Å². The van der Waals surface area contributed by atoms with E-state index < -0.39 is 12.7 Å². The number of aliphatic hydroxyl groups is 1. The SMILES string of the molecule is CNC(=O)Oc1no[n+]([O-])c1CO. The van der Waals surface area contributed by atoms with Crippen LogP contribution in [0.4, 0.5) is 4.79 Å². The fraction of sp³-hybridized carbons (Fsp3) is 0.400. The van der Waals surface area contributed by atoms with Crippen molar-refractivity contribution in [3.8, 4) is 5.88 Å². The first-order valence-electron chi connectivity index (χ1n) is 3.28. The third kappa shape index (κ3) is 1.85. The number of hydrogen-bond acceptors (Lipinski definition) is 6. The molecule has 1 aromatic rings. The van der Waals surface area contributed by atoms with Gasteiger partial charge in [-0.25, -0.2) is 4.79 Å². The minimum atomic E-state index is -0.802. The van der Waals surface area contributed by atoms with Crippen molar-refractivity contribution in [1.82, 2.24) is 10.5 Å². The monoisotopic (exact) mass is 189 g/mol. The Morgan fingerprint density at radius 2 is 2.62 bits per heavy atom. The number of carbonyl (C=O) groups excluding carboxylic acids is 1. The quantitative estimate of drug-likeness (QED) is 0.548. The summed E-state index contributed by atoms with van der Waals surface area (Å²) >= 11 is 0. The molecule has 1 heterocycles. The van der Waals surface area contributed by atoms with Crippen LogP contribution in [-0.2, 0) is 6.61 Å². The summed E-state index contributed by atoms with van der Waals surface area (Å²) < 4.78 is 8.55. The lowest BCUT2D eigenvalue weighted by atomic mass is 10.5. The number of aliphatic hydroxyl groups excluding tert-OH is 1. The van der Waals surface area contributed by atoms with Crippen molar-refractivity contribution < 1.29 is 24.2 Å². The molecule has 0 aliphatic carbocycles. The number of nitrogens with one attached hydrogen (secondary N) is 1. The number of rotatable bonds is 2. The maximum atomic E-state index is 10.7. The molecule has 1 amide bonds. The molecule has 0 radical (unpaired) electrons. The molecule has 2 N–H and O–H groups in total. The standard InChI is InChI=1S/C5H7N3O5/c1-6-5(10)12-4-3(2-9)8(11)13-7-4/h9H,2H2,1H3,(H,6,10). The van der Waals surface area contributed by atoms with Gasteiger partial charge in [0, 0.05) is 7.05 Å². The summed E-state index contributed by atoms with van der Waals surface area (Å²) in [7, 11) is 1.34. The second-order valence-electron chi connectivity index (χ2n) is 1.98. The molecule has 0 unspecified atom stereocenters. The Balaban J connectivity index is 2.82. The van der Waals surface area contributed by atoms with Crippen LogP contribution in [0.1, 0.15) is 5.69 Å². The van der Waals surface area contributed by atoms with Gasteiger partial charge in [0.25, 0.3) is 5.69 Å². The molecule has 1 aromatic heterocycles. The minimum absolute atomic E-state index is 0.0434. The predicted octanol–water partition coefficient (Wildman–Crippen LogP) is -1.48. The Morgan fingerprint density at radius 1 is 1.92 bits per heavy atom. The van der Waals surface area contributed by atoms with Gasteiger partial charge in [-0.2, -0.15) is 0 Å². The molecule has 0 aromatic carbocycles. The molecule has 72 valence electrons. The van der Waals surface area contributed by atoms with E-state index in [2.05, 4.69) is 19.8 Å². The fourth-order valence-electron chi connectivity index (χ4n) is 0.596. The Kier molecular flexibility index (Phi) is 2.65. The summed E-state index contributed by atoms with van der Waals surface area (Å²) in [5, 5.41) is 24.5. The molecule has 1 rings (SSSR count). The Morgan fingerprint density at radius 3 is 3.15 bits per heavy atom. The maximum absolute atomic E-state index is 10.7. The summed E-state index contributed by atoms with van der Waals surface area (Å²) in [5.41, 5.74) is -0.261. The highest BCUT2D eigenvalue weighted by atomic mass is 16.8. The average Bonchev–Trinajstić information content (AvgIpc) is 2.46. The van der Waals surface area contributed by atoms with Crippen molar-refractivity contribution in [1.29, 1.82) is 0 Å². The number of aromatic nitrogens is 2. The van der Waals surface area contributed by atoms with Crippen molar-refractivity contribution >= 4 is 6.09 Å². The largest absolute Gasteiger partial charge is 0.415 e. The van der Waals surface area contributed by atoms with Gasteiger partial charge in [0.05, 0.1) is 5.16 Å². The van der Waals surface area contributed by atoms with Crippen LogP contribution in [0.15, 0.2) is 4.63 Å². The van der Waals surface area contributed by atoms with Gasteiger partial charge in [0.2, 0.25) is 0 Å². The van der Waals surface area contributed by atoms with Crippen molar-refractivity contribution in [3.05, 3.63) is 10.9 Å². The van der Waals surface area contributed by atoms with E-state index in [1.165, 1.54) is 7.05 Å². The van der Waals surface area contributed by atoms with Crippen LogP contribution >= 0.6 is 0 Å². The molecule has 0 saturated heterocycles. The number of carbonyl (C=O) groups is 1.